The summed E-state index contributed by atoms with van der Waals surface area (Å²) in [6.45, 7) is 8.59. The molecular formula is C18H29IN4O. The molecule has 0 bridgehead atoms. The van der Waals surface area contributed by atoms with Crippen LogP contribution in [0, 0.1) is 0 Å². The Labute approximate surface area is 162 Å². The lowest BCUT2D eigenvalue weighted by Crippen LogP contribution is -2.40. The summed E-state index contributed by atoms with van der Waals surface area (Å²) in [7, 11) is 2.02. The highest BCUT2D eigenvalue weighted by molar-refractivity contribution is 14.0. The summed E-state index contributed by atoms with van der Waals surface area (Å²) < 4.78 is 0. The minimum atomic E-state index is -0.0647. The second-order valence-electron chi connectivity index (χ2n) is 5.21. The summed E-state index contributed by atoms with van der Waals surface area (Å²) in [5.41, 5.74) is 0.671. The van der Waals surface area contributed by atoms with Gasteiger partial charge < -0.3 is 15.5 Å². The molecule has 134 valence electrons. The lowest BCUT2D eigenvalue weighted by molar-refractivity contribution is 0.0955. The first-order chi connectivity index (χ1) is 11.2. The number of nitrogens with one attached hydrogen (secondary N) is 2. The van der Waals surface area contributed by atoms with E-state index in [1.807, 2.05) is 38.2 Å². The van der Waals surface area contributed by atoms with Gasteiger partial charge in [0.05, 0.1) is 6.54 Å². The molecule has 0 aliphatic heterocycles. The summed E-state index contributed by atoms with van der Waals surface area (Å²) in [5, 5.41) is 6.15. The van der Waals surface area contributed by atoms with Crippen molar-refractivity contribution in [3.05, 3.63) is 48.6 Å². The third kappa shape index (κ3) is 8.90. The zero-order valence-corrected chi connectivity index (χ0v) is 17.0. The highest BCUT2D eigenvalue weighted by Crippen LogP contribution is 1.97. The van der Waals surface area contributed by atoms with Crippen LogP contribution in [0.1, 0.15) is 30.1 Å². The van der Waals surface area contributed by atoms with Crippen molar-refractivity contribution < 1.29 is 4.79 Å². The van der Waals surface area contributed by atoms with Crippen LogP contribution in [0.5, 0.6) is 0 Å². The van der Waals surface area contributed by atoms with Crippen LogP contribution in [0.25, 0.3) is 0 Å². The van der Waals surface area contributed by atoms with Crippen LogP contribution in [-0.4, -0.2) is 50.0 Å². The van der Waals surface area contributed by atoms with Crippen molar-refractivity contribution in [3.8, 4) is 0 Å². The van der Waals surface area contributed by atoms with Gasteiger partial charge in [-0.15, -0.1) is 30.6 Å². The molecule has 0 atom stereocenters. The van der Waals surface area contributed by atoms with E-state index in [0.29, 0.717) is 18.7 Å². The van der Waals surface area contributed by atoms with Gasteiger partial charge in [0.1, 0.15) is 0 Å². The van der Waals surface area contributed by atoms with Crippen LogP contribution in [0.4, 0.5) is 0 Å². The number of aliphatic imine (C=N–C) groups is 1. The van der Waals surface area contributed by atoms with E-state index in [2.05, 4.69) is 27.1 Å². The Morgan fingerprint density at radius 3 is 2.62 bits per heavy atom. The molecule has 0 heterocycles. The third-order valence-electron chi connectivity index (χ3n) is 3.29. The Kier molecular flexibility index (Phi) is 12.9. The van der Waals surface area contributed by atoms with Gasteiger partial charge in [-0.2, -0.15) is 0 Å². The van der Waals surface area contributed by atoms with Crippen LogP contribution in [0.15, 0.2) is 48.0 Å². The number of carbonyl (C=O) groups is 1. The smallest absolute Gasteiger partial charge is 0.251 e. The molecule has 0 aromatic heterocycles. The van der Waals surface area contributed by atoms with Crippen LogP contribution >= 0.6 is 24.0 Å². The molecule has 1 rings (SSSR count). The number of rotatable bonds is 9. The number of hydrogen-bond acceptors (Lipinski definition) is 2. The average molecular weight is 444 g/mol. The van der Waals surface area contributed by atoms with E-state index in [1.165, 1.54) is 0 Å². The molecule has 2 N–H and O–H groups in total. The standard InChI is InChI=1S/C18H28N4O.HI/c1-4-6-10-15-22(3)18(19-5-2)21-14-13-20-17(23)16-11-8-7-9-12-16;/h4,7-9,11-12H,1,5-6,10,13-15H2,2-3H3,(H,19,21)(H,20,23);1H. The fraction of sp³-hybridized carbons (Fsp3) is 0.444. The number of allylic oxidation sites excluding steroid dienone is 1. The molecule has 5 nitrogen and oxygen atoms in total. The van der Waals surface area contributed by atoms with E-state index in [-0.39, 0.29) is 29.9 Å². The maximum absolute atomic E-state index is 11.9. The summed E-state index contributed by atoms with van der Waals surface area (Å²) in [6.07, 6.45) is 3.98. The maximum atomic E-state index is 11.9. The number of unbranched alkanes of at least 4 members (excludes halogenated alkanes) is 1. The van der Waals surface area contributed by atoms with Gasteiger partial charge in [0.15, 0.2) is 5.96 Å². The number of hydrogen-bond donors (Lipinski definition) is 2. The molecule has 1 aromatic carbocycles. The Balaban J connectivity index is 0.00000529. The Morgan fingerprint density at radius 1 is 1.29 bits per heavy atom. The topological polar surface area (TPSA) is 56.7 Å². The number of nitrogens with zero attached hydrogens (tertiary/aromatic N) is 2. The average Bonchev–Trinajstić information content (AvgIpc) is 2.58. The van der Waals surface area contributed by atoms with Gasteiger partial charge in [0, 0.05) is 32.2 Å². The SMILES string of the molecule is C=CCCCN(C)C(=NCCNC(=O)c1ccccc1)NCC.I. The second-order valence-corrected chi connectivity index (χ2v) is 5.21. The van der Waals surface area contributed by atoms with Crippen molar-refractivity contribution in [2.24, 2.45) is 4.99 Å². The minimum absolute atomic E-state index is 0. The number of guanidine groups is 1. The monoisotopic (exact) mass is 444 g/mol. The Morgan fingerprint density at radius 2 is 2.00 bits per heavy atom. The van der Waals surface area contributed by atoms with Gasteiger partial charge in [-0.3, -0.25) is 9.79 Å². The molecule has 0 radical (unpaired) electrons. The quantitative estimate of drug-likeness (QED) is 0.203. The Bertz CT molecular complexity index is 505. The van der Waals surface area contributed by atoms with Gasteiger partial charge in [-0.05, 0) is 31.9 Å². The molecule has 0 aliphatic rings. The lowest BCUT2D eigenvalue weighted by Gasteiger charge is -2.21. The number of carbonyl (C=O) groups excluding carboxylic acids is 1. The molecule has 1 aromatic rings. The number of halogens is 1. The first-order valence-electron chi connectivity index (χ1n) is 8.12. The highest BCUT2D eigenvalue weighted by atomic mass is 127. The summed E-state index contributed by atoms with van der Waals surface area (Å²) >= 11 is 0. The summed E-state index contributed by atoms with van der Waals surface area (Å²) in [4.78, 5) is 18.6. The lowest BCUT2D eigenvalue weighted by atomic mass is 10.2. The Hall–Kier alpha value is -1.57. The van der Waals surface area contributed by atoms with Crippen LogP contribution in [-0.2, 0) is 0 Å². The van der Waals surface area contributed by atoms with Gasteiger partial charge in [0.25, 0.3) is 5.91 Å². The number of benzene rings is 1. The molecule has 0 saturated carbocycles. The molecule has 0 unspecified atom stereocenters. The molecule has 0 aliphatic carbocycles. The largest absolute Gasteiger partial charge is 0.357 e. The van der Waals surface area contributed by atoms with E-state index in [1.54, 1.807) is 12.1 Å². The molecular weight excluding hydrogens is 415 g/mol. The van der Waals surface area contributed by atoms with E-state index >= 15 is 0 Å². The van der Waals surface area contributed by atoms with Gasteiger partial charge in [-0.25, -0.2) is 0 Å². The highest BCUT2D eigenvalue weighted by Gasteiger charge is 2.05. The fourth-order valence-corrected chi connectivity index (χ4v) is 2.07. The predicted octanol–water partition coefficient (Wildman–Crippen LogP) is 2.90. The minimum Gasteiger partial charge on any atom is -0.357 e. The van der Waals surface area contributed by atoms with Crippen LogP contribution in [0.2, 0.25) is 0 Å². The molecule has 6 heteroatoms. The van der Waals surface area contributed by atoms with E-state index in [0.717, 1.165) is 31.9 Å². The normalized spacial score (nSPS) is 10.5. The van der Waals surface area contributed by atoms with Crippen LogP contribution in [0.3, 0.4) is 0 Å². The molecule has 0 saturated heterocycles. The van der Waals surface area contributed by atoms with Crippen molar-refractivity contribution >= 4 is 35.8 Å². The van der Waals surface area contributed by atoms with Crippen LogP contribution < -0.4 is 10.6 Å². The van der Waals surface area contributed by atoms with Crippen molar-refractivity contribution in [1.29, 1.82) is 0 Å². The third-order valence-corrected chi connectivity index (χ3v) is 3.29. The van der Waals surface area contributed by atoms with Gasteiger partial charge in [-0.1, -0.05) is 24.3 Å². The van der Waals surface area contributed by atoms with E-state index in [4.69, 9.17) is 0 Å². The van der Waals surface area contributed by atoms with Crippen molar-refractivity contribution in [2.75, 3.05) is 33.2 Å². The molecule has 0 spiro atoms. The van der Waals surface area contributed by atoms with Crippen molar-refractivity contribution in [3.63, 3.8) is 0 Å². The molecule has 0 fully saturated rings. The molecule has 1 amide bonds. The summed E-state index contributed by atoms with van der Waals surface area (Å²) in [6, 6.07) is 9.21. The zero-order chi connectivity index (χ0) is 16.9. The first-order valence-corrected chi connectivity index (χ1v) is 8.12. The zero-order valence-electron chi connectivity index (χ0n) is 14.6. The van der Waals surface area contributed by atoms with Crippen molar-refractivity contribution in [2.45, 2.75) is 19.8 Å². The van der Waals surface area contributed by atoms with E-state index in [9.17, 15) is 4.79 Å². The second kappa shape index (κ2) is 13.8. The van der Waals surface area contributed by atoms with Gasteiger partial charge in [0.2, 0.25) is 0 Å². The predicted molar refractivity (Wildman–Crippen MR) is 112 cm³/mol. The molecule has 24 heavy (non-hydrogen) atoms. The maximum Gasteiger partial charge on any atom is 0.251 e. The van der Waals surface area contributed by atoms with E-state index < -0.39 is 0 Å². The first kappa shape index (κ1) is 22.4. The van der Waals surface area contributed by atoms with Gasteiger partial charge >= 0.3 is 0 Å². The number of amides is 1. The van der Waals surface area contributed by atoms with Crippen molar-refractivity contribution in [1.82, 2.24) is 15.5 Å². The summed E-state index contributed by atoms with van der Waals surface area (Å²) in [5.74, 6) is 0.802. The fourth-order valence-electron chi connectivity index (χ4n) is 2.07.